The molecule has 0 bridgehead atoms. The first kappa shape index (κ1) is 21.6. The van der Waals surface area contributed by atoms with Gasteiger partial charge in [0.25, 0.3) is 5.97 Å². The zero-order valence-corrected chi connectivity index (χ0v) is 15.8. The molecule has 0 saturated carbocycles. The van der Waals surface area contributed by atoms with Gasteiger partial charge in [-0.1, -0.05) is 50.3 Å². The van der Waals surface area contributed by atoms with Crippen molar-refractivity contribution < 1.29 is 23.7 Å². The normalized spacial score (nSPS) is 11.5. The molecule has 0 fully saturated rings. The van der Waals surface area contributed by atoms with Crippen molar-refractivity contribution in [1.29, 1.82) is 0 Å². The Morgan fingerprint density at radius 1 is 0.800 bits per heavy atom. The number of carbonyl (C=O) groups is 1. The Morgan fingerprint density at radius 2 is 1.32 bits per heavy atom. The Balaban J connectivity index is 1.96. The molecule has 1 aromatic carbocycles. The third-order valence-corrected chi connectivity index (χ3v) is 4.30. The lowest BCUT2D eigenvalue weighted by Crippen LogP contribution is -2.35. The van der Waals surface area contributed by atoms with Crippen molar-refractivity contribution in [3.8, 4) is 0 Å². The van der Waals surface area contributed by atoms with Gasteiger partial charge in [0.1, 0.15) is 0 Å². The second-order valence-corrected chi connectivity index (χ2v) is 6.02. The van der Waals surface area contributed by atoms with Gasteiger partial charge in [0.05, 0.1) is 12.2 Å². The van der Waals surface area contributed by atoms with E-state index in [0.29, 0.717) is 12.2 Å². The predicted octanol–water partition coefficient (Wildman–Crippen LogP) is 4.56. The summed E-state index contributed by atoms with van der Waals surface area (Å²) in [6.45, 7) is 0.492. The fourth-order valence-corrected chi connectivity index (χ4v) is 2.71. The van der Waals surface area contributed by atoms with E-state index in [1.807, 2.05) is 18.2 Å². The maximum atomic E-state index is 11.8. The van der Waals surface area contributed by atoms with Crippen molar-refractivity contribution >= 4 is 5.97 Å². The average Bonchev–Trinajstić information content (AvgIpc) is 2.67. The van der Waals surface area contributed by atoms with Crippen LogP contribution in [0.5, 0.6) is 0 Å². The van der Waals surface area contributed by atoms with E-state index in [0.717, 1.165) is 38.5 Å². The molecule has 0 aliphatic rings. The number of hydrogen-bond acceptors (Lipinski definition) is 5. The number of hydrogen-bond donors (Lipinski definition) is 0. The summed E-state index contributed by atoms with van der Waals surface area (Å²) in [5.41, 5.74) is 0.613. The topological polar surface area (TPSA) is 54.0 Å². The molecule has 1 aromatic rings. The summed E-state index contributed by atoms with van der Waals surface area (Å²) in [6, 6.07) is 9.11. The van der Waals surface area contributed by atoms with Gasteiger partial charge in [-0.15, -0.1) is 0 Å². The molecule has 0 N–H and O–H groups in total. The largest absolute Gasteiger partial charge is 0.462 e. The van der Waals surface area contributed by atoms with E-state index in [4.69, 9.17) is 18.9 Å². The molecular weight excluding hydrogens is 320 g/mol. The molecule has 5 heteroatoms. The molecule has 142 valence electrons. The van der Waals surface area contributed by atoms with Gasteiger partial charge < -0.3 is 18.9 Å². The van der Waals surface area contributed by atoms with Crippen LogP contribution in [-0.4, -0.2) is 39.9 Å². The average molecular weight is 352 g/mol. The summed E-state index contributed by atoms with van der Waals surface area (Å²) in [4.78, 5) is 11.8. The van der Waals surface area contributed by atoms with Gasteiger partial charge in [-0.2, -0.15) is 0 Å². The minimum atomic E-state index is -0.900. The summed E-state index contributed by atoms with van der Waals surface area (Å²) in [5.74, 6) is -1.14. The van der Waals surface area contributed by atoms with Crippen LogP contribution in [0.15, 0.2) is 30.3 Å². The molecule has 0 aliphatic heterocycles. The van der Waals surface area contributed by atoms with E-state index >= 15 is 0 Å². The molecule has 0 saturated heterocycles. The molecule has 0 unspecified atom stereocenters. The van der Waals surface area contributed by atoms with Crippen molar-refractivity contribution in [3.63, 3.8) is 0 Å². The maximum absolute atomic E-state index is 11.8. The van der Waals surface area contributed by atoms with Crippen LogP contribution in [0, 0.1) is 0 Å². The number of ether oxygens (including phenoxy) is 4. The third kappa shape index (κ3) is 8.47. The van der Waals surface area contributed by atoms with Gasteiger partial charge in [0.15, 0.2) is 0 Å². The van der Waals surface area contributed by atoms with Crippen LogP contribution in [0.4, 0.5) is 0 Å². The quantitative estimate of drug-likeness (QED) is 0.279. The Labute approximate surface area is 151 Å². The zero-order valence-electron chi connectivity index (χ0n) is 15.8. The van der Waals surface area contributed by atoms with Gasteiger partial charge in [-0.05, 0) is 25.0 Å². The summed E-state index contributed by atoms with van der Waals surface area (Å²) in [5, 5.41) is 0. The van der Waals surface area contributed by atoms with Crippen molar-refractivity contribution in [2.75, 3.05) is 27.9 Å². The number of carbonyl (C=O) groups excluding carboxylic acids is 1. The summed E-state index contributed by atoms with van der Waals surface area (Å²) in [6.07, 6.45) is 8.38. The van der Waals surface area contributed by atoms with Crippen LogP contribution in [0.3, 0.4) is 0 Å². The molecule has 0 heterocycles. The Morgan fingerprint density at radius 3 is 1.88 bits per heavy atom. The van der Waals surface area contributed by atoms with Crippen molar-refractivity contribution in [2.24, 2.45) is 0 Å². The van der Waals surface area contributed by atoms with Crippen LogP contribution >= 0.6 is 0 Å². The number of rotatable bonds is 14. The first-order valence-electron chi connectivity index (χ1n) is 9.05. The van der Waals surface area contributed by atoms with Crippen molar-refractivity contribution in [2.45, 2.75) is 57.3 Å². The Hall–Kier alpha value is -1.43. The van der Waals surface area contributed by atoms with Crippen LogP contribution in [0.1, 0.15) is 61.7 Å². The lowest BCUT2D eigenvalue weighted by atomic mass is 10.1. The molecule has 0 aromatic heterocycles. The van der Waals surface area contributed by atoms with E-state index < -0.39 is 5.97 Å². The van der Waals surface area contributed by atoms with Gasteiger partial charge in [0, 0.05) is 27.8 Å². The molecular formula is C20H32O5. The third-order valence-electron chi connectivity index (χ3n) is 4.30. The van der Waals surface area contributed by atoms with E-state index in [1.165, 1.54) is 12.8 Å². The summed E-state index contributed by atoms with van der Waals surface area (Å²) < 4.78 is 21.1. The van der Waals surface area contributed by atoms with E-state index in [-0.39, 0.29) is 5.97 Å². The van der Waals surface area contributed by atoms with Crippen molar-refractivity contribution in [3.05, 3.63) is 35.9 Å². The molecule has 0 aliphatic carbocycles. The SMILES string of the molecule is COC(CCCCCCCCCOC(=O)c1ccccc1)(OC)OC. The first-order valence-corrected chi connectivity index (χ1v) is 9.05. The number of esters is 1. The minimum absolute atomic E-state index is 0.237. The second kappa shape index (κ2) is 12.9. The Bertz CT molecular complexity index is 448. The second-order valence-electron chi connectivity index (χ2n) is 6.02. The van der Waals surface area contributed by atoms with Crippen LogP contribution < -0.4 is 0 Å². The van der Waals surface area contributed by atoms with Crippen LogP contribution in [0.2, 0.25) is 0 Å². The zero-order chi connectivity index (χ0) is 18.4. The summed E-state index contributed by atoms with van der Waals surface area (Å²) in [7, 11) is 4.78. The number of benzene rings is 1. The van der Waals surface area contributed by atoms with Crippen LogP contribution in [0.25, 0.3) is 0 Å². The van der Waals surface area contributed by atoms with Gasteiger partial charge >= 0.3 is 5.97 Å². The van der Waals surface area contributed by atoms with Gasteiger partial charge in [-0.25, -0.2) is 4.79 Å². The van der Waals surface area contributed by atoms with Crippen LogP contribution in [-0.2, 0) is 18.9 Å². The molecule has 0 atom stereocenters. The van der Waals surface area contributed by atoms with Crippen molar-refractivity contribution in [1.82, 2.24) is 0 Å². The predicted molar refractivity (Wildman–Crippen MR) is 97.4 cm³/mol. The highest BCUT2D eigenvalue weighted by Crippen LogP contribution is 2.21. The fraction of sp³-hybridized carbons (Fsp3) is 0.650. The highest BCUT2D eigenvalue weighted by molar-refractivity contribution is 5.89. The maximum Gasteiger partial charge on any atom is 0.338 e. The lowest BCUT2D eigenvalue weighted by molar-refractivity contribution is -0.355. The smallest absolute Gasteiger partial charge is 0.338 e. The molecule has 5 nitrogen and oxygen atoms in total. The highest BCUT2D eigenvalue weighted by atomic mass is 16.9. The molecule has 0 spiro atoms. The molecule has 1 rings (SSSR count). The monoisotopic (exact) mass is 352 g/mol. The molecule has 0 amide bonds. The van der Waals surface area contributed by atoms with Gasteiger partial charge in [0.2, 0.25) is 0 Å². The lowest BCUT2D eigenvalue weighted by Gasteiger charge is -2.28. The first-order chi connectivity index (χ1) is 12.2. The fourth-order valence-electron chi connectivity index (χ4n) is 2.71. The Kier molecular flexibility index (Phi) is 11.1. The number of methoxy groups -OCH3 is 3. The standard InChI is InChI=1S/C20H32O5/c1-22-20(23-2,24-3)16-12-7-5-4-6-8-13-17-25-19(21)18-14-10-9-11-15-18/h9-11,14-15H,4-8,12-13,16-17H2,1-3H3. The van der Waals surface area contributed by atoms with E-state index in [1.54, 1.807) is 33.5 Å². The highest BCUT2D eigenvalue weighted by Gasteiger charge is 2.28. The van der Waals surface area contributed by atoms with Gasteiger partial charge in [-0.3, -0.25) is 0 Å². The van der Waals surface area contributed by atoms with E-state index in [2.05, 4.69) is 0 Å². The summed E-state index contributed by atoms with van der Waals surface area (Å²) >= 11 is 0. The minimum Gasteiger partial charge on any atom is -0.462 e. The number of unbranched alkanes of at least 4 members (excludes halogenated alkanes) is 6. The molecule has 0 radical (unpaired) electrons. The molecule has 25 heavy (non-hydrogen) atoms. The van der Waals surface area contributed by atoms with E-state index in [9.17, 15) is 4.79 Å².